The van der Waals surface area contributed by atoms with Gasteiger partial charge in [0.05, 0.1) is 11.6 Å². The lowest BCUT2D eigenvalue weighted by Gasteiger charge is -2.15. The van der Waals surface area contributed by atoms with E-state index in [9.17, 15) is 4.79 Å². The fourth-order valence-corrected chi connectivity index (χ4v) is 2.81. The van der Waals surface area contributed by atoms with Crippen LogP contribution in [0.2, 0.25) is 0 Å². The minimum atomic E-state index is -0.0899. The highest BCUT2D eigenvalue weighted by Crippen LogP contribution is 2.31. The third-order valence-corrected chi connectivity index (χ3v) is 3.89. The summed E-state index contributed by atoms with van der Waals surface area (Å²) in [6.07, 6.45) is 1.97. The van der Waals surface area contributed by atoms with Crippen LogP contribution in [0.25, 0.3) is 0 Å². The highest BCUT2D eigenvalue weighted by molar-refractivity contribution is 5.99. The first-order chi connectivity index (χ1) is 9.65. The van der Waals surface area contributed by atoms with Crippen LogP contribution in [0.15, 0.2) is 42.5 Å². The number of anilines is 1. The number of nitrogens with two attached hydrogens (primary N) is 1. The Bertz CT molecular complexity index is 664. The van der Waals surface area contributed by atoms with Crippen LogP contribution in [0.1, 0.15) is 39.5 Å². The maximum absolute atomic E-state index is 12.4. The van der Waals surface area contributed by atoms with Crippen LogP contribution < -0.4 is 11.1 Å². The molecule has 1 atom stereocenters. The maximum atomic E-state index is 12.4. The van der Waals surface area contributed by atoms with Gasteiger partial charge in [0.25, 0.3) is 5.91 Å². The molecule has 2 aromatic carbocycles. The molecule has 3 rings (SSSR count). The fourth-order valence-electron chi connectivity index (χ4n) is 2.81. The Morgan fingerprint density at radius 1 is 1.25 bits per heavy atom. The van der Waals surface area contributed by atoms with Crippen LogP contribution in [0.5, 0.6) is 0 Å². The summed E-state index contributed by atoms with van der Waals surface area (Å²) in [5.41, 5.74) is 10.6. The van der Waals surface area contributed by atoms with Gasteiger partial charge < -0.3 is 11.1 Å². The number of fused-ring (bicyclic) bond motifs is 1. The van der Waals surface area contributed by atoms with Crippen molar-refractivity contribution in [2.75, 3.05) is 5.73 Å². The zero-order chi connectivity index (χ0) is 14.1. The molecule has 20 heavy (non-hydrogen) atoms. The van der Waals surface area contributed by atoms with Crippen molar-refractivity contribution in [1.82, 2.24) is 5.32 Å². The molecule has 3 heteroatoms. The Labute approximate surface area is 118 Å². The van der Waals surface area contributed by atoms with Gasteiger partial charge in [-0.2, -0.15) is 0 Å². The summed E-state index contributed by atoms with van der Waals surface area (Å²) in [6.45, 7) is 1.96. The first kappa shape index (κ1) is 12.7. The summed E-state index contributed by atoms with van der Waals surface area (Å²) >= 11 is 0. The molecular formula is C17H18N2O. The normalized spacial score (nSPS) is 16.8. The van der Waals surface area contributed by atoms with Crippen LogP contribution in [0, 0.1) is 6.92 Å². The third kappa shape index (κ3) is 2.27. The Balaban J connectivity index is 1.82. The number of benzene rings is 2. The Morgan fingerprint density at radius 3 is 2.90 bits per heavy atom. The van der Waals surface area contributed by atoms with Gasteiger partial charge in [0.2, 0.25) is 0 Å². The van der Waals surface area contributed by atoms with Crippen molar-refractivity contribution >= 4 is 11.6 Å². The number of carbonyl (C=O) groups is 1. The second-order valence-corrected chi connectivity index (χ2v) is 5.35. The van der Waals surface area contributed by atoms with E-state index in [1.165, 1.54) is 11.1 Å². The smallest absolute Gasteiger partial charge is 0.253 e. The van der Waals surface area contributed by atoms with E-state index in [0.717, 1.165) is 18.4 Å². The highest BCUT2D eigenvalue weighted by atomic mass is 16.1. The van der Waals surface area contributed by atoms with E-state index in [1.807, 2.05) is 31.2 Å². The molecule has 0 heterocycles. The van der Waals surface area contributed by atoms with Gasteiger partial charge in [0, 0.05) is 5.69 Å². The van der Waals surface area contributed by atoms with Crippen molar-refractivity contribution < 1.29 is 4.79 Å². The van der Waals surface area contributed by atoms with E-state index >= 15 is 0 Å². The molecular weight excluding hydrogens is 248 g/mol. The second-order valence-electron chi connectivity index (χ2n) is 5.35. The molecule has 102 valence electrons. The van der Waals surface area contributed by atoms with E-state index in [4.69, 9.17) is 5.73 Å². The van der Waals surface area contributed by atoms with Crippen LogP contribution in [-0.2, 0) is 6.42 Å². The largest absolute Gasteiger partial charge is 0.398 e. The van der Waals surface area contributed by atoms with Gasteiger partial charge in [-0.05, 0) is 43.0 Å². The van der Waals surface area contributed by atoms with Crippen molar-refractivity contribution in [3.8, 4) is 0 Å². The topological polar surface area (TPSA) is 55.1 Å². The van der Waals surface area contributed by atoms with Crippen molar-refractivity contribution in [2.24, 2.45) is 0 Å². The van der Waals surface area contributed by atoms with Gasteiger partial charge in [-0.25, -0.2) is 0 Å². The van der Waals surface area contributed by atoms with Crippen LogP contribution in [-0.4, -0.2) is 5.91 Å². The number of hydrogen-bond donors (Lipinski definition) is 2. The van der Waals surface area contributed by atoms with E-state index < -0.39 is 0 Å². The molecule has 3 N–H and O–H groups in total. The molecule has 3 nitrogen and oxygen atoms in total. The average molecular weight is 266 g/mol. The lowest BCUT2D eigenvalue weighted by atomic mass is 10.1. The molecule has 0 bridgehead atoms. The van der Waals surface area contributed by atoms with Gasteiger partial charge in [0.15, 0.2) is 0 Å². The zero-order valence-electron chi connectivity index (χ0n) is 11.5. The van der Waals surface area contributed by atoms with Crippen molar-refractivity contribution in [3.05, 3.63) is 64.7 Å². The van der Waals surface area contributed by atoms with Gasteiger partial charge >= 0.3 is 0 Å². The first-order valence-corrected chi connectivity index (χ1v) is 6.90. The van der Waals surface area contributed by atoms with Crippen LogP contribution in [0.3, 0.4) is 0 Å². The predicted octanol–water partition coefficient (Wildman–Crippen LogP) is 2.99. The summed E-state index contributed by atoms with van der Waals surface area (Å²) < 4.78 is 0. The molecule has 1 aliphatic rings. The average Bonchev–Trinajstić information content (AvgIpc) is 2.85. The minimum Gasteiger partial charge on any atom is -0.398 e. The van der Waals surface area contributed by atoms with Crippen molar-refractivity contribution in [1.29, 1.82) is 0 Å². The fraction of sp³-hybridized carbons (Fsp3) is 0.235. The molecule has 1 unspecified atom stereocenters. The van der Waals surface area contributed by atoms with Gasteiger partial charge in [-0.3, -0.25) is 4.79 Å². The standard InChI is InChI=1S/C17H18N2O/c1-11-6-8-15(18)14(10-11)17(20)19-16-9-7-12-4-2-3-5-13(12)16/h2-6,8,10,16H,7,9,18H2,1H3,(H,19,20). The molecule has 2 aromatic rings. The Morgan fingerprint density at radius 2 is 2.05 bits per heavy atom. The first-order valence-electron chi connectivity index (χ1n) is 6.90. The summed E-state index contributed by atoms with van der Waals surface area (Å²) in [7, 11) is 0. The van der Waals surface area contributed by atoms with E-state index in [1.54, 1.807) is 6.07 Å². The lowest BCUT2D eigenvalue weighted by Crippen LogP contribution is -2.27. The molecule has 0 saturated carbocycles. The minimum absolute atomic E-state index is 0.0899. The number of nitrogens with one attached hydrogen (secondary N) is 1. The third-order valence-electron chi connectivity index (χ3n) is 3.89. The summed E-state index contributed by atoms with van der Waals surface area (Å²) in [5, 5.41) is 3.10. The van der Waals surface area contributed by atoms with Crippen molar-refractivity contribution in [2.45, 2.75) is 25.8 Å². The molecule has 0 saturated heterocycles. The van der Waals surface area contributed by atoms with Crippen molar-refractivity contribution in [3.63, 3.8) is 0 Å². The number of rotatable bonds is 2. The molecule has 1 amide bonds. The summed E-state index contributed by atoms with van der Waals surface area (Å²) in [6, 6.07) is 13.9. The number of hydrogen-bond acceptors (Lipinski definition) is 2. The predicted molar refractivity (Wildman–Crippen MR) is 80.6 cm³/mol. The Kier molecular flexibility index (Phi) is 3.18. The highest BCUT2D eigenvalue weighted by Gasteiger charge is 2.24. The van der Waals surface area contributed by atoms with Crippen LogP contribution in [0.4, 0.5) is 5.69 Å². The number of aryl methyl sites for hydroxylation is 2. The Hall–Kier alpha value is -2.29. The summed E-state index contributed by atoms with van der Waals surface area (Å²) in [5.74, 6) is -0.0899. The molecule has 0 spiro atoms. The summed E-state index contributed by atoms with van der Waals surface area (Å²) in [4.78, 5) is 12.4. The van der Waals surface area contributed by atoms with E-state index in [0.29, 0.717) is 11.3 Å². The lowest BCUT2D eigenvalue weighted by molar-refractivity contribution is 0.0937. The quantitative estimate of drug-likeness (QED) is 0.821. The van der Waals surface area contributed by atoms with E-state index in [2.05, 4.69) is 17.4 Å². The van der Waals surface area contributed by atoms with E-state index in [-0.39, 0.29) is 11.9 Å². The van der Waals surface area contributed by atoms with Gasteiger partial charge in [0.1, 0.15) is 0 Å². The number of amides is 1. The molecule has 0 aliphatic heterocycles. The number of nitrogen functional groups attached to an aromatic ring is 1. The molecule has 0 radical (unpaired) electrons. The monoisotopic (exact) mass is 266 g/mol. The second kappa shape index (κ2) is 5.00. The molecule has 1 aliphatic carbocycles. The van der Waals surface area contributed by atoms with Gasteiger partial charge in [-0.1, -0.05) is 35.9 Å². The molecule has 0 fully saturated rings. The molecule has 0 aromatic heterocycles. The van der Waals surface area contributed by atoms with Crippen LogP contribution >= 0.6 is 0 Å². The zero-order valence-corrected chi connectivity index (χ0v) is 11.5. The van der Waals surface area contributed by atoms with Gasteiger partial charge in [-0.15, -0.1) is 0 Å². The number of carbonyl (C=O) groups excluding carboxylic acids is 1. The maximum Gasteiger partial charge on any atom is 0.253 e. The SMILES string of the molecule is Cc1ccc(N)c(C(=O)NC2CCc3ccccc32)c1.